The van der Waals surface area contributed by atoms with Crippen LogP contribution in [0.5, 0.6) is 0 Å². The van der Waals surface area contributed by atoms with Gasteiger partial charge >= 0.3 is 6.18 Å². The van der Waals surface area contributed by atoms with Crippen molar-refractivity contribution in [3.8, 4) is 0 Å². The Morgan fingerprint density at radius 3 is 2.57 bits per heavy atom. The van der Waals surface area contributed by atoms with Gasteiger partial charge in [0, 0.05) is 4.90 Å². The lowest BCUT2D eigenvalue weighted by Crippen LogP contribution is -2.33. The van der Waals surface area contributed by atoms with E-state index in [-0.39, 0.29) is 5.89 Å². The minimum atomic E-state index is -4.72. The molecule has 1 N–H and O–H groups in total. The zero-order valence-corrected chi connectivity index (χ0v) is 11.9. The highest BCUT2D eigenvalue weighted by atomic mass is 32.2. The van der Waals surface area contributed by atoms with Gasteiger partial charge in [-0.15, -0.1) is 11.8 Å². The van der Waals surface area contributed by atoms with Crippen LogP contribution in [0.25, 0.3) is 0 Å². The first-order valence-corrected chi connectivity index (χ1v) is 7.11. The topological polar surface area (TPSA) is 59.2 Å². The predicted octanol–water partition coefficient (Wildman–Crippen LogP) is 3.39. The van der Waals surface area contributed by atoms with Crippen LogP contribution in [-0.2, 0) is 5.75 Å². The fourth-order valence-electron chi connectivity index (χ4n) is 1.59. The van der Waals surface area contributed by atoms with Crippen molar-refractivity contribution in [3.05, 3.63) is 42.0 Å². The molecule has 0 aliphatic rings. The molecule has 0 aliphatic heterocycles. The van der Waals surface area contributed by atoms with Gasteiger partial charge in [-0.1, -0.05) is 30.3 Å². The van der Waals surface area contributed by atoms with Crippen molar-refractivity contribution in [2.45, 2.75) is 35.8 Å². The molecule has 2 atom stereocenters. The fourth-order valence-corrected chi connectivity index (χ4v) is 2.36. The largest absolute Gasteiger partial charge is 0.415 e. The number of thioether (sulfide) groups is 1. The lowest BCUT2D eigenvalue weighted by molar-refractivity contribution is -0.210. The molecule has 0 radical (unpaired) electrons. The summed E-state index contributed by atoms with van der Waals surface area (Å²) >= 11 is 1.44. The summed E-state index contributed by atoms with van der Waals surface area (Å²) in [6, 6.07) is 9.46. The van der Waals surface area contributed by atoms with Gasteiger partial charge in [0.25, 0.3) is 0 Å². The van der Waals surface area contributed by atoms with Crippen molar-refractivity contribution >= 4 is 11.8 Å². The van der Waals surface area contributed by atoms with Crippen LogP contribution in [0.2, 0.25) is 0 Å². The van der Waals surface area contributed by atoms with Crippen LogP contribution in [0.1, 0.15) is 24.6 Å². The monoisotopic (exact) mass is 318 g/mol. The highest BCUT2D eigenvalue weighted by Crippen LogP contribution is 2.31. The first kappa shape index (κ1) is 15.8. The van der Waals surface area contributed by atoms with Crippen LogP contribution < -0.4 is 0 Å². The summed E-state index contributed by atoms with van der Waals surface area (Å²) in [6.45, 7) is 1.19. The number of rotatable bonds is 5. The number of nitrogens with zero attached hydrogens (tertiary/aromatic N) is 2. The smallest absolute Gasteiger partial charge is 0.383 e. The van der Waals surface area contributed by atoms with E-state index >= 15 is 0 Å². The molecule has 0 aliphatic carbocycles. The summed E-state index contributed by atoms with van der Waals surface area (Å²) in [4.78, 5) is 4.89. The molecule has 21 heavy (non-hydrogen) atoms. The van der Waals surface area contributed by atoms with Crippen molar-refractivity contribution in [1.29, 1.82) is 0 Å². The summed E-state index contributed by atoms with van der Waals surface area (Å²) in [5, 5.41) is 12.8. The Labute approximate surface area is 123 Å². The molecule has 0 saturated heterocycles. The van der Waals surface area contributed by atoms with Gasteiger partial charge in [0.1, 0.15) is 0 Å². The van der Waals surface area contributed by atoms with E-state index in [1.165, 1.54) is 18.7 Å². The van der Waals surface area contributed by atoms with Crippen molar-refractivity contribution in [3.63, 3.8) is 0 Å². The molecule has 2 rings (SSSR count). The highest BCUT2D eigenvalue weighted by molar-refractivity contribution is 7.98. The Morgan fingerprint density at radius 1 is 1.29 bits per heavy atom. The Kier molecular flexibility index (Phi) is 4.89. The fraction of sp³-hybridized carbons (Fsp3) is 0.385. The second kappa shape index (κ2) is 6.48. The number of hydrogen-bond acceptors (Lipinski definition) is 5. The first-order chi connectivity index (χ1) is 9.88. The summed E-state index contributed by atoms with van der Waals surface area (Å²) in [5.74, 6) is -0.848. The first-order valence-electron chi connectivity index (χ1n) is 6.13. The number of aliphatic hydroxyl groups excluding tert-OH is 1. The lowest BCUT2D eigenvalue weighted by Gasteiger charge is -2.17. The Balaban J connectivity index is 1.98. The molecule has 0 fully saturated rings. The maximum atomic E-state index is 12.4. The minimum absolute atomic E-state index is 0.219. The minimum Gasteiger partial charge on any atom is -0.383 e. The zero-order valence-electron chi connectivity index (χ0n) is 11.0. The molecule has 1 aromatic heterocycles. The van der Waals surface area contributed by atoms with Gasteiger partial charge in [-0.25, -0.2) is 0 Å². The number of aromatic nitrogens is 2. The summed E-state index contributed by atoms with van der Waals surface area (Å²) < 4.78 is 42.0. The van der Waals surface area contributed by atoms with Crippen LogP contribution in [-0.4, -0.2) is 27.5 Å². The highest BCUT2D eigenvalue weighted by Gasteiger charge is 2.44. The van der Waals surface area contributed by atoms with Gasteiger partial charge in [0.15, 0.2) is 11.9 Å². The number of alkyl halides is 3. The molecule has 0 bridgehead atoms. The van der Waals surface area contributed by atoms with Gasteiger partial charge in [0.2, 0.25) is 5.89 Å². The second-order valence-corrected chi connectivity index (χ2v) is 5.47. The molecule has 4 nitrogen and oxygen atoms in total. The van der Waals surface area contributed by atoms with E-state index < -0.39 is 18.2 Å². The van der Waals surface area contributed by atoms with Crippen molar-refractivity contribution in [1.82, 2.24) is 10.1 Å². The van der Waals surface area contributed by atoms with Crippen LogP contribution in [0, 0.1) is 0 Å². The molecule has 1 heterocycles. The number of halogens is 3. The quantitative estimate of drug-likeness (QED) is 0.856. The van der Waals surface area contributed by atoms with E-state index in [9.17, 15) is 13.2 Å². The molecule has 8 heteroatoms. The van der Waals surface area contributed by atoms with Gasteiger partial charge in [-0.2, -0.15) is 18.2 Å². The number of hydrogen-bond donors (Lipinski definition) is 1. The Morgan fingerprint density at radius 2 is 1.95 bits per heavy atom. The maximum Gasteiger partial charge on any atom is 0.415 e. The third-order valence-corrected chi connectivity index (χ3v) is 3.80. The predicted molar refractivity (Wildman–Crippen MR) is 70.8 cm³/mol. The molecule has 1 aromatic carbocycles. The lowest BCUT2D eigenvalue weighted by atomic mass is 10.1. The molecule has 0 amide bonds. The third-order valence-electron chi connectivity index (χ3n) is 2.79. The average molecular weight is 318 g/mol. The standard InChI is InChI=1S/C13H13F3N2O2S/c1-8(11(19)13(14,15)16)12-17-10(18-20-12)7-21-9-5-3-2-4-6-9/h2-6,8,11,19H,7H2,1H3. The second-order valence-electron chi connectivity index (χ2n) is 4.43. The van der Waals surface area contributed by atoms with E-state index in [0.29, 0.717) is 11.6 Å². The van der Waals surface area contributed by atoms with E-state index in [0.717, 1.165) is 4.90 Å². The number of aliphatic hydroxyl groups is 1. The number of benzene rings is 1. The van der Waals surface area contributed by atoms with Gasteiger partial charge in [0.05, 0.1) is 11.7 Å². The van der Waals surface area contributed by atoms with Crippen molar-refractivity contribution in [2.75, 3.05) is 0 Å². The van der Waals surface area contributed by atoms with Crippen LogP contribution in [0.15, 0.2) is 39.8 Å². The molecule has 2 aromatic rings. The van der Waals surface area contributed by atoms with E-state index in [2.05, 4.69) is 10.1 Å². The Bertz CT molecular complexity index is 574. The van der Waals surface area contributed by atoms with Crippen molar-refractivity contribution in [2.24, 2.45) is 0 Å². The summed E-state index contributed by atoms with van der Waals surface area (Å²) in [7, 11) is 0. The molecular formula is C13H13F3N2O2S. The van der Waals surface area contributed by atoms with E-state index in [1.807, 2.05) is 30.3 Å². The maximum absolute atomic E-state index is 12.4. The SMILES string of the molecule is CC(c1nc(CSc2ccccc2)no1)C(O)C(F)(F)F. The van der Waals surface area contributed by atoms with Crippen LogP contribution >= 0.6 is 11.8 Å². The van der Waals surface area contributed by atoms with Crippen molar-refractivity contribution < 1.29 is 22.8 Å². The summed E-state index contributed by atoms with van der Waals surface area (Å²) in [6.07, 6.45) is -7.24. The van der Waals surface area contributed by atoms with Gasteiger partial charge in [-0.05, 0) is 12.1 Å². The molecule has 0 spiro atoms. The average Bonchev–Trinajstić information content (AvgIpc) is 2.92. The van der Waals surface area contributed by atoms with Gasteiger partial charge < -0.3 is 9.63 Å². The normalized spacial score (nSPS) is 14.9. The Hall–Kier alpha value is -1.54. The van der Waals surface area contributed by atoms with E-state index in [4.69, 9.17) is 9.63 Å². The van der Waals surface area contributed by atoms with Crippen LogP contribution in [0.4, 0.5) is 13.2 Å². The van der Waals surface area contributed by atoms with Crippen LogP contribution in [0.3, 0.4) is 0 Å². The molecule has 2 unspecified atom stereocenters. The molecule has 114 valence electrons. The van der Waals surface area contributed by atoms with E-state index in [1.54, 1.807) is 0 Å². The third kappa shape index (κ3) is 4.21. The zero-order chi connectivity index (χ0) is 15.5. The van der Waals surface area contributed by atoms with Gasteiger partial charge in [-0.3, -0.25) is 0 Å². The summed E-state index contributed by atoms with van der Waals surface area (Å²) in [5.41, 5.74) is 0. The molecule has 0 saturated carbocycles. The molecular weight excluding hydrogens is 305 g/mol.